The summed E-state index contributed by atoms with van der Waals surface area (Å²) in [4.78, 5) is 47.4. The van der Waals surface area contributed by atoms with E-state index in [1.807, 2.05) is 43.3 Å². The van der Waals surface area contributed by atoms with Gasteiger partial charge in [0, 0.05) is 23.5 Å². The third-order valence-electron chi connectivity index (χ3n) is 6.12. The zero-order valence-electron chi connectivity index (χ0n) is 21.3. The number of hydrogen-bond acceptors (Lipinski definition) is 9. The number of pyridine rings is 3. The van der Waals surface area contributed by atoms with Crippen molar-refractivity contribution in [3.8, 4) is 55.4 Å². The van der Waals surface area contributed by atoms with Gasteiger partial charge in [-0.2, -0.15) is 0 Å². The van der Waals surface area contributed by atoms with Gasteiger partial charge in [-0.1, -0.05) is 0 Å². The van der Waals surface area contributed by atoms with Gasteiger partial charge in [-0.3, -0.25) is 9.97 Å². The van der Waals surface area contributed by atoms with Crippen molar-refractivity contribution in [3.05, 3.63) is 102 Å². The van der Waals surface area contributed by atoms with Crippen LogP contribution in [-0.2, 0) is 0 Å². The van der Waals surface area contributed by atoms with Crippen LogP contribution in [0.4, 0.5) is 0 Å². The Labute approximate surface area is 236 Å². The van der Waals surface area contributed by atoms with E-state index in [1.54, 1.807) is 18.5 Å². The Kier molecular flexibility index (Phi) is 6.62. The maximum atomic E-state index is 11.9. The topological polar surface area (TPSA) is 152 Å². The van der Waals surface area contributed by atoms with Crippen molar-refractivity contribution >= 4 is 23.3 Å². The first-order valence-corrected chi connectivity index (χ1v) is 13.1. The van der Waals surface area contributed by atoms with Gasteiger partial charge >= 0.3 is 11.9 Å². The quantitative estimate of drug-likeness (QED) is 0.225. The number of hydrogen-bond donors (Lipinski definition) is 2. The highest BCUT2D eigenvalue weighted by Crippen LogP contribution is 2.35. The summed E-state index contributed by atoms with van der Waals surface area (Å²) in [5.41, 5.74) is 2.74. The number of nitrogens with zero attached hydrogens (tertiary/aromatic N) is 5. The summed E-state index contributed by atoms with van der Waals surface area (Å²) < 4.78 is 5.70. The Bertz CT molecular complexity index is 1950. The van der Waals surface area contributed by atoms with E-state index in [4.69, 9.17) is 4.42 Å². The van der Waals surface area contributed by atoms with Crippen molar-refractivity contribution in [2.24, 2.45) is 0 Å². The van der Waals surface area contributed by atoms with Crippen molar-refractivity contribution in [3.63, 3.8) is 0 Å². The number of thiophene rings is 1. The van der Waals surface area contributed by atoms with Crippen LogP contribution in [0.5, 0.6) is 0 Å². The molecule has 0 unspecified atom stereocenters. The number of carboxylic acids is 2. The molecule has 200 valence electrons. The molecule has 6 aromatic heterocycles. The maximum absolute atomic E-state index is 11.9. The third kappa shape index (κ3) is 5.34. The van der Waals surface area contributed by atoms with Crippen LogP contribution >= 0.6 is 11.3 Å². The molecule has 0 bridgehead atoms. The van der Waals surface area contributed by atoms with E-state index in [1.165, 1.54) is 41.8 Å². The smallest absolute Gasteiger partial charge is 0.335 e. The molecule has 0 saturated heterocycles. The number of furan rings is 1. The normalized spacial score (nSPS) is 11.0. The molecule has 41 heavy (non-hydrogen) atoms. The molecule has 0 aromatic carbocycles. The van der Waals surface area contributed by atoms with Gasteiger partial charge in [0.15, 0.2) is 11.6 Å². The predicted octanol–water partition coefficient (Wildman–Crippen LogP) is 6.36. The second-order valence-electron chi connectivity index (χ2n) is 8.94. The number of aromatic carboxylic acids is 2. The minimum absolute atomic E-state index is 0.0153. The van der Waals surface area contributed by atoms with Crippen LogP contribution in [0.15, 0.2) is 89.7 Å². The average molecular weight is 562 g/mol. The standard InChI is InChI=1S/C30H19N5O5S/c1-16-2-3-25(40-16)20-8-11-33-28(35-20)27-5-4-26(41-27)17-6-9-31-21(12-17)23-14-19(30(38)39)15-24(34-23)22-13-18(29(36)37)7-10-32-22/h2-15H,1H3,(H,36,37)(H,38,39). The van der Waals surface area contributed by atoms with Crippen LogP contribution in [0.2, 0.25) is 0 Å². The summed E-state index contributed by atoms with van der Waals surface area (Å²) in [5, 5.41) is 19.1. The molecular weight excluding hydrogens is 542 g/mol. The Morgan fingerprint density at radius 2 is 1.32 bits per heavy atom. The molecule has 0 fully saturated rings. The molecule has 11 heteroatoms. The second-order valence-corrected chi connectivity index (χ2v) is 10.0. The SMILES string of the molecule is Cc1ccc(-c2ccnc(-c3ccc(-c4ccnc(-c5cc(C(=O)O)cc(-c6cc(C(=O)O)ccn6)n5)c4)s3)n2)o1. The Balaban J connectivity index is 1.35. The summed E-state index contributed by atoms with van der Waals surface area (Å²) in [6.45, 7) is 1.88. The molecule has 0 amide bonds. The fraction of sp³-hybridized carbons (Fsp3) is 0.0333. The number of carbonyl (C=O) groups is 2. The van der Waals surface area contributed by atoms with Gasteiger partial charge in [0.2, 0.25) is 0 Å². The van der Waals surface area contributed by atoms with Gasteiger partial charge in [0.05, 0.1) is 38.8 Å². The summed E-state index contributed by atoms with van der Waals surface area (Å²) in [6, 6.07) is 18.6. The summed E-state index contributed by atoms with van der Waals surface area (Å²) in [7, 11) is 0. The van der Waals surface area contributed by atoms with Gasteiger partial charge in [-0.25, -0.2) is 24.5 Å². The van der Waals surface area contributed by atoms with E-state index >= 15 is 0 Å². The van der Waals surface area contributed by atoms with E-state index in [-0.39, 0.29) is 22.5 Å². The first kappa shape index (κ1) is 25.7. The first-order chi connectivity index (χ1) is 19.8. The van der Waals surface area contributed by atoms with Crippen LogP contribution in [0.3, 0.4) is 0 Å². The maximum Gasteiger partial charge on any atom is 0.335 e. The van der Waals surface area contributed by atoms with Crippen LogP contribution in [0.1, 0.15) is 26.5 Å². The number of carboxylic acid groups (broad SMARTS) is 2. The number of rotatable bonds is 7. The molecule has 0 aliphatic heterocycles. The highest BCUT2D eigenvalue weighted by molar-refractivity contribution is 7.18. The number of aryl methyl sites for hydroxylation is 1. The number of aromatic nitrogens is 5. The molecular formula is C30H19N5O5S. The lowest BCUT2D eigenvalue weighted by Gasteiger charge is -2.08. The summed E-state index contributed by atoms with van der Waals surface area (Å²) >= 11 is 1.50. The molecule has 10 nitrogen and oxygen atoms in total. The van der Waals surface area contributed by atoms with Gasteiger partial charge in [0.25, 0.3) is 0 Å². The van der Waals surface area contributed by atoms with Gasteiger partial charge in [-0.05, 0) is 79.2 Å². The van der Waals surface area contributed by atoms with Crippen LogP contribution in [-0.4, -0.2) is 47.1 Å². The highest BCUT2D eigenvalue weighted by Gasteiger charge is 2.16. The van der Waals surface area contributed by atoms with Gasteiger partial charge < -0.3 is 14.6 Å². The van der Waals surface area contributed by atoms with Crippen LogP contribution < -0.4 is 0 Å². The van der Waals surface area contributed by atoms with Crippen molar-refractivity contribution in [2.45, 2.75) is 6.92 Å². The van der Waals surface area contributed by atoms with Crippen molar-refractivity contribution in [2.75, 3.05) is 0 Å². The third-order valence-corrected chi connectivity index (χ3v) is 7.25. The first-order valence-electron chi connectivity index (χ1n) is 12.3. The van der Waals surface area contributed by atoms with Crippen LogP contribution in [0.25, 0.3) is 55.4 Å². The van der Waals surface area contributed by atoms with Crippen molar-refractivity contribution in [1.29, 1.82) is 0 Å². The van der Waals surface area contributed by atoms with E-state index in [2.05, 4.69) is 24.9 Å². The zero-order valence-corrected chi connectivity index (χ0v) is 22.2. The monoisotopic (exact) mass is 561 g/mol. The zero-order chi connectivity index (χ0) is 28.5. The summed E-state index contributed by atoms with van der Waals surface area (Å²) in [5.74, 6) is -0.246. The van der Waals surface area contributed by atoms with Crippen LogP contribution in [0, 0.1) is 6.92 Å². The summed E-state index contributed by atoms with van der Waals surface area (Å²) in [6.07, 6.45) is 4.66. The molecule has 0 atom stereocenters. The van der Waals surface area contributed by atoms with E-state index in [9.17, 15) is 19.8 Å². The Morgan fingerprint density at radius 1 is 0.659 bits per heavy atom. The molecule has 2 N–H and O–H groups in total. The lowest BCUT2D eigenvalue weighted by Crippen LogP contribution is -2.02. The minimum atomic E-state index is -1.16. The predicted molar refractivity (Wildman–Crippen MR) is 151 cm³/mol. The molecule has 0 saturated carbocycles. The van der Waals surface area contributed by atoms with Gasteiger partial charge in [0.1, 0.15) is 11.5 Å². The molecule has 0 spiro atoms. The van der Waals surface area contributed by atoms with E-state index in [0.29, 0.717) is 28.7 Å². The van der Waals surface area contributed by atoms with Gasteiger partial charge in [-0.15, -0.1) is 11.3 Å². The lowest BCUT2D eigenvalue weighted by molar-refractivity contribution is 0.0686. The largest absolute Gasteiger partial charge is 0.478 e. The molecule has 6 aromatic rings. The molecule has 0 aliphatic rings. The fourth-order valence-corrected chi connectivity index (χ4v) is 5.09. The molecule has 6 rings (SSSR count). The van der Waals surface area contributed by atoms with E-state index < -0.39 is 11.9 Å². The Hall–Kier alpha value is -5.55. The molecule has 0 radical (unpaired) electrons. The molecule has 6 heterocycles. The lowest BCUT2D eigenvalue weighted by atomic mass is 10.1. The average Bonchev–Trinajstić information content (AvgIpc) is 3.67. The molecule has 0 aliphatic carbocycles. The van der Waals surface area contributed by atoms with Crippen molar-refractivity contribution in [1.82, 2.24) is 24.9 Å². The van der Waals surface area contributed by atoms with E-state index in [0.717, 1.165) is 21.1 Å². The highest BCUT2D eigenvalue weighted by atomic mass is 32.1. The fourth-order valence-electron chi connectivity index (χ4n) is 4.14. The van der Waals surface area contributed by atoms with Crippen molar-refractivity contribution < 1.29 is 24.2 Å². The minimum Gasteiger partial charge on any atom is -0.478 e. The second kappa shape index (κ2) is 10.5. The Morgan fingerprint density at radius 3 is 2.02 bits per heavy atom.